The van der Waals surface area contributed by atoms with Crippen molar-refractivity contribution in [3.05, 3.63) is 0 Å². The summed E-state index contributed by atoms with van der Waals surface area (Å²) in [6.07, 6.45) is 0.957. The smallest absolute Gasteiger partial charge is 0.321 e. The van der Waals surface area contributed by atoms with Gasteiger partial charge in [0.05, 0.1) is 27.7 Å². The van der Waals surface area contributed by atoms with Crippen LogP contribution in [0.15, 0.2) is 0 Å². The summed E-state index contributed by atoms with van der Waals surface area (Å²) in [7, 11) is 5.78. The minimum Gasteiger partial charge on any atom is -0.480 e. The van der Waals surface area contributed by atoms with Gasteiger partial charge in [0, 0.05) is 6.42 Å². The number of carboxylic acid groups (broad SMARTS) is 2. The lowest BCUT2D eigenvalue weighted by Crippen LogP contribution is -2.45. The summed E-state index contributed by atoms with van der Waals surface area (Å²) >= 11 is 0. The van der Waals surface area contributed by atoms with Gasteiger partial charge in [0.25, 0.3) is 0 Å². The molecule has 0 rings (SSSR count). The fraction of sp³-hybridized carbons (Fsp3) is 0.846. The molecule has 2 N–H and O–H groups in total. The summed E-state index contributed by atoms with van der Waals surface area (Å²) in [5, 5.41) is 18.6. The van der Waals surface area contributed by atoms with E-state index in [1.807, 2.05) is 35.0 Å². The second kappa shape index (κ2) is 6.18. The zero-order valence-electron chi connectivity index (χ0n) is 12.1. The third kappa shape index (κ3) is 5.04. The highest BCUT2D eigenvalue weighted by atomic mass is 16.4. The van der Waals surface area contributed by atoms with E-state index in [1.165, 1.54) is 0 Å². The van der Waals surface area contributed by atoms with Crippen LogP contribution in [0.3, 0.4) is 0 Å². The number of aliphatic carboxylic acids is 2. The van der Waals surface area contributed by atoms with Crippen molar-refractivity contribution < 1.29 is 24.3 Å². The maximum Gasteiger partial charge on any atom is 0.321 e. The van der Waals surface area contributed by atoms with Gasteiger partial charge in [-0.25, -0.2) is 0 Å². The van der Waals surface area contributed by atoms with Gasteiger partial charge >= 0.3 is 11.9 Å². The second-order valence-corrected chi connectivity index (χ2v) is 6.39. The Bertz CT molecular complexity index is 291. The Morgan fingerprint density at radius 1 is 1.06 bits per heavy atom. The first-order valence-electron chi connectivity index (χ1n) is 6.28. The molecule has 0 radical (unpaired) electrons. The molecule has 0 bridgehead atoms. The zero-order valence-corrected chi connectivity index (χ0v) is 12.1. The molecule has 0 aromatic heterocycles. The van der Waals surface area contributed by atoms with E-state index in [-0.39, 0.29) is 12.8 Å². The highest BCUT2D eigenvalue weighted by Crippen LogP contribution is 2.31. The topological polar surface area (TPSA) is 74.6 Å². The van der Waals surface area contributed by atoms with E-state index >= 15 is 0 Å². The van der Waals surface area contributed by atoms with E-state index in [1.54, 1.807) is 0 Å². The van der Waals surface area contributed by atoms with Crippen molar-refractivity contribution in [3.63, 3.8) is 0 Å². The zero-order chi connectivity index (χ0) is 14.6. The van der Waals surface area contributed by atoms with E-state index in [9.17, 15) is 19.8 Å². The number of hydrogen-bond acceptors (Lipinski definition) is 2. The van der Waals surface area contributed by atoms with Gasteiger partial charge in [-0.05, 0) is 18.8 Å². The van der Waals surface area contributed by atoms with Crippen LogP contribution in [0.25, 0.3) is 0 Å². The standard InChI is InChI=1S/C13H25NO4/c1-10(2)6-7-13(11(15)16,12(17)18)8-9-14(3,4)5/h10H,6-9H2,1-5H3,(H-,15,16,17,18)/p+1. The molecule has 5 nitrogen and oxygen atoms in total. The molecule has 0 saturated carbocycles. The summed E-state index contributed by atoms with van der Waals surface area (Å²) in [5.41, 5.74) is -1.64. The summed E-state index contributed by atoms with van der Waals surface area (Å²) in [6.45, 7) is 4.46. The molecule has 0 amide bonds. The molecule has 0 saturated heterocycles. The first-order valence-corrected chi connectivity index (χ1v) is 6.28. The van der Waals surface area contributed by atoms with Crippen LogP contribution in [0, 0.1) is 11.3 Å². The molecular weight excluding hydrogens is 234 g/mol. The number of hydrogen-bond donors (Lipinski definition) is 2. The summed E-state index contributed by atoms with van der Waals surface area (Å²) in [6, 6.07) is 0. The van der Waals surface area contributed by atoms with Crippen LogP contribution >= 0.6 is 0 Å². The van der Waals surface area contributed by atoms with Gasteiger partial charge in [0.15, 0.2) is 5.41 Å². The number of nitrogens with zero attached hydrogens (tertiary/aromatic N) is 1. The largest absolute Gasteiger partial charge is 0.480 e. The SMILES string of the molecule is CC(C)CCC(CC[N+](C)(C)C)(C(=O)O)C(=O)O. The van der Waals surface area contributed by atoms with Crippen LogP contribution < -0.4 is 0 Å². The quantitative estimate of drug-likeness (QED) is 0.514. The highest BCUT2D eigenvalue weighted by molar-refractivity contribution is 5.98. The molecule has 106 valence electrons. The van der Waals surface area contributed by atoms with Crippen molar-refractivity contribution in [2.75, 3.05) is 27.7 Å². The Kier molecular flexibility index (Phi) is 5.80. The Labute approximate surface area is 109 Å². The molecule has 0 fully saturated rings. The molecule has 0 aromatic rings. The fourth-order valence-corrected chi connectivity index (χ4v) is 1.71. The summed E-state index contributed by atoms with van der Waals surface area (Å²) in [4.78, 5) is 22.8. The van der Waals surface area contributed by atoms with E-state index in [0.717, 1.165) is 0 Å². The van der Waals surface area contributed by atoms with Gasteiger partial charge in [-0.2, -0.15) is 0 Å². The minimum atomic E-state index is -1.64. The molecule has 0 aliphatic heterocycles. The third-order valence-electron chi connectivity index (χ3n) is 3.18. The van der Waals surface area contributed by atoms with Crippen LogP contribution in [0.5, 0.6) is 0 Å². The lowest BCUT2D eigenvalue weighted by atomic mass is 9.78. The lowest BCUT2D eigenvalue weighted by molar-refractivity contribution is -0.871. The normalized spacial score (nSPS) is 12.8. The van der Waals surface area contributed by atoms with E-state index in [2.05, 4.69) is 0 Å². The van der Waals surface area contributed by atoms with Crippen molar-refractivity contribution >= 4 is 11.9 Å². The van der Waals surface area contributed by atoms with E-state index in [4.69, 9.17) is 0 Å². The van der Waals surface area contributed by atoms with Crippen molar-refractivity contribution in [1.82, 2.24) is 0 Å². The van der Waals surface area contributed by atoms with E-state index in [0.29, 0.717) is 23.4 Å². The van der Waals surface area contributed by atoms with Gasteiger partial charge in [-0.1, -0.05) is 13.8 Å². The second-order valence-electron chi connectivity index (χ2n) is 6.39. The first-order chi connectivity index (χ1) is 8.01. The van der Waals surface area contributed by atoms with Crippen molar-refractivity contribution in [3.8, 4) is 0 Å². The first kappa shape index (κ1) is 16.9. The van der Waals surface area contributed by atoms with Crippen molar-refractivity contribution in [2.45, 2.75) is 33.1 Å². The van der Waals surface area contributed by atoms with Gasteiger partial charge in [-0.15, -0.1) is 0 Å². The van der Waals surface area contributed by atoms with Gasteiger partial charge in [0.1, 0.15) is 0 Å². The molecule has 0 spiro atoms. The molecule has 0 atom stereocenters. The molecule has 18 heavy (non-hydrogen) atoms. The maximum atomic E-state index is 11.4. The molecule has 0 aromatic carbocycles. The summed E-state index contributed by atoms with van der Waals surface area (Å²) in [5.74, 6) is -2.14. The molecule has 0 aliphatic carbocycles. The monoisotopic (exact) mass is 260 g/mol. The lowest BCUT2D eigenvalue weighted by Gasteiger charge is -2.30. The predicted molar refractivity (Wildman–Crippen MR) is 69.3 cm³/mol. The molecule has 0 heterocycles. The van der Waals surface area contributed by atoms with Gasteiger partial charge in [-0.3, -0.25) is 9.59 Å². The van der Waals surface area contributed by atoms with E-state index < -0.39 is 17.4 Å². The fourth-order valence-electron chi connectivity index (χ4n) is 1.71. The number of carbonyl (C=O) groups is 2. The van der Waals surface area contributed by atoms with Crippen LogP contribution in [-0.2, 0) is 9.59 Å². The van der Waals surface area contributed by atoms with Gasteiger partial charge in [0.2, 0.25) is 0 Å². The molecule has 5 heteroatoms. The Morgan fingerprint density at radius 3 is 1.78 bits per heavy atom. The average Bonchev–Trinajstić information content (AvgIpc) is 2.14. The molecule has 0 unspecified atom stereocenters. The van der Waals surface area contributed by atoms with Crippen LogP contribution in [0.4, 0.5) is 0 Å². The third-order valence-corrected chi connectivity index (χ3v) is 3.18. The summed E-state index contributed by atoms with van der Waals surface area (Å²) < 4.78 is 0.560. The number of rotatable bonds is 8. The average molecular weight is 260 g/mol. The maximum absolute atomic E-state index is 11.4. The number of quaternary nitrogens is 1. The van der Waals surface area contributed by atoms with Crippen LogP contribution in [0.2, 0.25) is 0 Å². The van der Waals surface area contributed by atoms with Crippen LogP contribution in [-0.4, -0.2) is 54.3 Å². The van der Waals surface area contributed by atoms with Crippen molar-refractivity contribution in [1.29, 1.82) is 0 Å². The predicted octanol–water partition coefficient (Wildman–Crippen LogP) is 1.67. The molecule has 0 aliphatic rings. The number of carboxylic acids is 2. The van der Waals surface area contributed by atoms with Crippen LogP contribution in [0.1, 0.15) is 33.1 Å². The van der Waals surface area contributed by atoms with Gasteiger partial charge < -0.3 is 14.7 Å². The Hall–Kier alpha value is -1.10. The van der Waals surface area contributed by atoms with Crippen molar-refractivity contribution in [2.24, 2.45) is 11.3 Å². The Morgan fingerprint density at radius 2 is 1.50 bits per heavy atom. The molecular formula is C13H26NO4+. The minimum absolute atomic E-state index is 0.161. The highest BCUT2D eigenvalue weighted by Gasteiger charge is 2.47. The Balaban J connectivity index is 4.99.